The molecule has 0 saturated heterocycles. The quantitative estimate of drug-likeness (QED) is 0.759. The molecule has 2 atom stereocenters. The van der Waals surface area contributed by atoms with Crippen LogP contribution in [0.3, 0.4) is 0 Å². The lowest BCUT2D eigenvalue weighted by atomic mass is 9.85. The van der Waals surface area contributed by atoms with Gasteiger partial charge in [-0.3, -0.25) is 0 Å². The first-order valence-electron chi connectivity index (χ1n) is 7.50. The standard InChI is InChI=1S/C15H21FN2O4S.ClH/c1-22-15(19)14-11(16)6-4-8-13(14)23(20,21)18-12-7-3-2-5-10(12)9-17;/h4,6,8,10,12,18H,2-3,5,7,9,17H2,1H3;1H. The monoisotopic (exact) mass is 380 g/mol. The Labute approximate surface area is 147 Å². The highest BCUT2D eigenvalue weighted by Crippen LogP contribution is 2.26. The molecular weight excluding hydrogens is 359 g/mol. The summed E-state index contributed by atoms with van der Waals surface area (Å²) in [6.07, 6.45) is 3.42. The molecule has 0 amide bonds. The Kier molecular flexibility index (Phi) is 7.59. The minimum absolute atomic E-state index is 0. The van der Waals surface area contributed by atoms with Crippen molar-refractivity contribution in [2.24, 2.45) is 11.7 Å². The molecule has 6 nitrogen and oxygen atoms in total. The van der Waals surface area contributed by atoms with Gasteiger partial charge < -0.3 is 10.5 Å². The van der Waals surface area contributed by atoms with E-state index in [0.717, 1.165) is 32.4 Å². The number of nitrogens with one attached hydrogen (secondary N) is 1. The number of hydrogen-bond donors (Lipinski definition) is 2. The number of carbonyl (C=O) groups is 1. The van der Waals surface area contributed by atoms with E-state index in [1.54, 1.807) is 0 Å². The normalized spacial score (nSPS) is 21.0. The van der Waals surface area contributed by atoms with Crippen molar-refractivity contribution in [3.8, 4) is 0 Å². The highest BCUT2D eigenvalue weighted by atomic mass is 35.5. The van der Waals surface area contributed by atoms with Gasteiger partial charge in [-0.15, -0.1) is 12.4 Å². The topological polar surface area (TPSA) is 98.5 Å². The second-order valence-corrected chi connectivity index (χ2v) is 7.29. The van der Waals surface area contributed by atoms with E-state index in [2.05, 4.69) is 9.46 Å². The van der Waals surface area contributed by atoms with Gasteiger partial charge in [0.15, 0.2) is 0 Å². The van der Waals surface area contributed by atoms with E-state index in [1.165, 1.54) is 12.1 Å². The van der Waals surface area contributed by atoms with Gasteiger partial charge in [0, 0.05) is 6.04 Å². The van der Waals surface area contributed by atoms with Crippen molar-refractivity contribution in [2.75, 3.05) is 13.7 Å². The van der Waals surface area contributed by atoms with Gasteiger partial charge in [-0.1, -0.05) is 18.9 Å². The molecule has 0 bridgehead atoms. The third kappa shape index (κ3) is 4.44. The van der Waals surface area contributed by atoms with Gasteiger partial charge in [0.2, 0.25) is 10.0 Å². The molecule has 1 aliphatic rings. The van der Waals surface area contributed by atoms with Gasteiger partial charge >= 0.3 is 5.97 Å². The molecule has 1 fully saturated rings. The Balaban J connectivity index is 0.00000288. The molecule has 0 heterocycles. The zero-order valence-electron chi connectivity index (χ0n) is 13.3. The first-order chi connectivity index (χ1) is 10.9. The van der Waals surface area contributed by atoms with Gasteiger partial charge in [0.05, 0.1) is 12.0 Å². The second-order valence-electron chi connectivity index (χ2n) is 5.61. The van der Waals surface area contributed by atoms with Crippen LogP contribution in [-0.4, -0.2) is 34.1 Å². The number of carbonyl (C=O) groups excluding carboxylic acids is 1. The molecular formula is C15H22ClFN2O4S. The molecule has 2 rings (SSSR count). The fourth-order valence-corrected chi connectivity index (χ4v) is 4.48. The molecule has 0 aromatic heterocycles. The van der Waals surface area contributed by atoms with E-state index < -0.39 is 32.3 Å². The predicted molar refractivity (Wildman–Crippen MR) is 90.1 cm³/mol. The average Bonchev–Trinajstić information content (AvgIpc) is 2.54. The van der Waals surface area contributed by atoms with Gasteiger partial charge in [-0.05, 0) is 37.4 Å². The summed E-state index contributed by atoms with van der Waals surface area (Å²) in [6, 6.07) is 3.15. The average molecular weight is 381 g/mol. The molecule has 136 valence electrons. The van der Waals surface area contributed by atoms with Crippen molar-refractivity contribution in [1.82, 2.24) is 4.72 Å². The van der Waals surface area contributed by atoms with Crippen LogP contribution in [0.4, 0.5) is 4.39 Å². The maximum absolute atomic E-state index is 13.9. The molecule has 0 spiro atoms. The summed E-state index contributed by atoms with van der Waals surface area (Å²) >= 11 is 0. The maximum atomic E-state index is 13.9. The first kappa shape index (κ1) is 20.8. The number of sulfonamides is 1. The van der Waals surface area contributed by atoms with Gasteiger partial charge in [-0.25, -0.2) is 22.3 Å². The van der Waals surface area contributed by atoms with Crippen molar-refractivity contribution in [2.45, 2.75) is 36.6 Å². The van der Waals surface area contributed by atoms with Crippen LogP contribution in [-0.2, 0) is 14.8 Å². The minimum Gasteiger partial charge on any atom is -0.465 e. The smallest absolute Gasteiger partial charge is 0.342 e. The van der Waals surface area contributed by atoms with E-state index in [1.807, 2.05) is 0 Å². The van der Waals surface area contributed by atoms with Gasteiger partial charge in [-0.2, -0.15) is 0 Å². The summed E-state index contributed by atoms with van der Waals surface area (Å²) in [6.45, 7) is 0.375. The van der Waals surface area contributed by atoms with E-state index >= 15 is 0 Å². The molecule has 1 aliphatic carbocycles. The molecule has 0 radical (unpaired) electrons. The number of halogens is 2. The highest BCUT2D eigenvalue weighted by Gasteiger charge is 2.32. The van der Waals surface area contributed by atoms with Gasteiger partial charge in [0.1, 0.15) is 11.4 Å². The van der Waals surface area contributed by atoms with Crippen molar-refractivity contribution >= 4 is 28.4 Å². The lowest BCUT2D eigenvalue weighted by Crippen LogP contribution is -2.45. The van der Waals surface area contributed by atoms with Crippen molar-refractivity contribution in [3.05, 3.63) is 29.6 Å². The SMILES string of the molecule is COC(=O)c1c(F)cccc1S(=O)(=O)NC1CCCCC1CN.Cl. The zero-order valence-corrected chi connectivity index (χ0v) is 15.0. The number of ether oxygens (including phenoxy) is 1. The summed E-state index contributed by atoms with van der Waals surface area (Å²) in [4.78, 5) is 11.3. The van der Waals surface area contributed by atoms with E-state index in [-0.39, 0.29) is 24.4 Å². The molecule has 1 aromatic carbocycles. The molecule has 1 aromatic rings. The number of methoxy groups -OCH3 is 1. The Hall–Kier alpha value is -1.22. The molecule has 9 heteroatoms. The number of hydrogen-bond acceptors (Lipinski definition) is 5. The van der Waals surface area contributed by atoms with Crippen molar-refractivity contribution in [3.63, 3.8) is 0 Å². The Morgan fingerprint density at radius 1 is 1.38 bits per heavy atom. The Morgan fingerprint density at radius 2 is 2.04 bits per heavy atom. The molecule has 3 N–H and O–H groups in total. The minimum atomic E-state index is -4.06. The number of benzene rings is 1. The van der Waals surface area contributed by atoms with Crippen LogP contribution < -0.4 is 10.5 Å². The molecule has 1 saturated carbocycles. The van der Waals surface area contributed by atoms with E-state index in [0.29, 0.717) is 13.0 Å². The zero-order chi connectivity index (χ0) is 17.0. The summed E-state index contributed by atoms with van der Waals surface area (Å²) in [5.74, 6) is -1.92. The summed E-state index contributed by atoms with van der Waals surface area (Å²) < 4.78 is 46.3. The molecule has 0 aliphatic heterocycles. The van der Waals surface area contributed by atoms with Crippen LogP contribution in [0.5, 0.6) is 0 Å². The predicted octanol–water partition coefficient (Wildman–Crippen LogP) is 1.83. The van der Waals surface area contributed by atoms with Crippen LogP contribution in [0.2, 0.25) is 0 Å². The van der Waals surface area contributed by atoms with Gasteiger partial charge in [0.25, 0.3) is 0 Å². The number of rotatable bonds is 5. The van der Waals surface area contributed by atoms with Crippen LogP contribution in [0.15, 0.2) is 23.1 Å². The second kappa shape index (κ2) is 8.75. The Bertz CT molecular complexity index is 684. The van der Waals surface area contributed by atoms with Crippen LogP contribution in [0.25, 0.3) is 0 Å². The lowest BCUT2D eigenvalue weighted by Gasteiger charge is -2.31. The Morgan fingerprint density at radius 3 is 2.67 bits per heavy atom. The summed E-state index contributed by atoms with van der Waals surface area (Å²) in [7, 11) is -2.98. The largest absolute Gasteiger partial charge is 0.465 e. The summed E-state index contributed by atoms with van der Waals surface area (Å²) in [5, 5.41) is 0. The number of esters is 1. The molecule has 24 heavy (non-hydrogen) atoms. The summed E-state index contributed by atoms with van der Waals surface area (Å²) in [5.41, 5.74) is 5.13. The third-order valence-corrected chi connectivity index (χ3v) is 5.71. The van der Waals surface area contributed by atoms with Crippen molar-refractivity contribution in [1.29, 1.82) is 0 Å². The lowest BCUT2D eigenvalue weighted by molar-refractivity contribution is 0.0590. The fraction of sp³-hybridized carbons (Fsp3) is 0.533. The fourth-order valence-electron chi connectivity index (χ4n) is 2.94. The highest BCUT2D eigenvalue weighted by molar-refractivity contribution is 7.89. The number of nitrogens with two attached hydrogens (primary N) is 1. The first-order valence-corrected chi connectivity index (χ1v) is 8.98. The van der Waals surface area contributed by atoms with E-state index in [4.69, 9.17) is 5.73 Å². The van der Waals surface area contributed by atoms with Crippen LogP contribution in [0, 0.1) is 11.7 Å². The third-order valence-electron chi connectivity index (χ3n) is 4.17. The van der Waals surface area contributed by atoms with Crippen LogP contribution in [0.1, 0.15) is 36.0 Å². The maximum Gasteiger partial charge on any atom is 0.342 e. The molecule has 2 unspecified atom stereocenters. The van der Waals surface area contributed by atoms with E-state index in [9.17, 15) is 17.6 Å². The van der Waals surface area contributed by atoms with Crippen molar-refractivity contribution < 1.29 is 22.3 Å². The van der Waals surface area contributed by atoms with Crippen LogP contribution >= 0.6 is 12.4 Å².